The van der Waals surface area contributed by atoms with Crippen LogP contribution in [-0.2, 0) is 6.54 Å². The predicted octanol–water partition coefficient (Wildman–Crippen LogP) is 2.17. The fraction of sp³-hybridized carbons (Fsp3) is 0.214. The summed E-state index contributed by atoms with van der Waals surface area (Å²) < 4.78 is 2.39. The molecule has 0 saturated heterocycles. The summed E-state index contributed by atoms with van der Waals surface area (Å²) in [5, 5.41) is 0. The van der Waals surface area contributed by atoms with Crippen LogP contribution in [-0.4, -0.2) is 19.5 Å². The van der Waals surface area contributed by atoms with Crippen molar-refractivity contribution in [3.8, 4) is 11.4 Å². The molecule has 0 aliphatic carbocycles. The van der Waals surface area contributed by atoms with Crippen LogP contribution in [0, 0.1) is 6.92 Å². The van der Waals surface area contributed by atoms with Gasteiger partial charge in [-0.15, -0.1) is 0 Å². The number of fused-ring (bicyclic) bond motifs is 1. The molecule has 0 unspecified atom stereocenters. The third-order valence-corrected chi connectivity index (χ3v) is 4.33. The molecule has 2 N–H and O–H groups in total. The van der Waals surface area contributed by atoms with Crippen LogP contribution in [0.3, 0.4) is 0 Å². The smallest absolute Gasteiger partial charge is 0.330 e. The van der Waals surface area contributed by atoms with Gasteiger partial charge in [-0.05, 0) is 25.5 Å². The zero-order chi connectivity index (χ0) is 15.1. The second-order valence-electron chi connectivity index (χ2n) is 4.70. The van der Waals surface area contributed by atoms with Crippen LogP contribution in [0.2, 0.25) is 0 Å². The number of aryl methyl sites for hydroxylation is 1. The fourth-order valence-corrected chi connectivity index (χ4v) is 2.69. The number of hydrogen-bond donors (Lipinski definition) is 2. The van der Waals surface area contributed by atoms with E-state index in [2.05, 4.69) is 30.9 Å². The topological polar surface area (TPSA) is 83.5 Å². The molecule has 21 heavy (non-hydrogen) atoms. The largest absolute Gasteiger partial charge is 0.332 e. The Morgan fingerprint density at radius 2 is 2.05 bits per heavy atom. The molecule has 0 amide bonds. The van der Waals surface area contributed by atoms with Gasteiger partial charge in [0.05, 0.1) is 0 Å². The highest BCUT2D eigenvalue weighted by Gasteiger charge is 2.14. The molecule has 0 atom stereocenters. The first-order valence-electron chi connectivity index (χ1n) is 6.51. The van der Waals surface area contributed by atoms with Gasteiger partial charge in [-0.3, -0.25) is 14.3 Å². The Balaban J connectivity index is 2.37. The van der Waals surface area contributed by atoms with E-state index in [1.54, 1.807) is 0 Å². The summed E-state index contributed by atoms with van der Waals surface area (Å²) in [4.78, 5) is 33.5. The number of benzene rings is 1. The normalized spacial score (nSPS) is 11.2. The molecule has 2 heterocycles. The van der Waals surface area contributed by atoms with Gasteiger partial charge in [-0.25, -0.2) is 9.78 Å². The van der Waals surface area contributed by atoms with E-state index in [4.69, 9.17) is 0 Å². The van der Waals surface area contributed by atoms with Gasteiger partial charge < -0.3 is 4.98 Å². The second-order valence-corrected chi connectivity index (χ2v) is 5.55. The van der Waals surface area contributed by atoms with Crippen molar-refractivity contribution >= 4 is 27.1 Å². The lowest BCUT2D eigenvalue weighted by molar-refractivity contribution is 0.720. The van der Waals surface area contributed by atoms with E-state index in [0.717, 1.165) is 15.6 Å². The third-order valence-electron chi connectivity index (χ3n) is 3.47. The summed E-state index contributed by atoms with van der Waals surface area (Å²) in [6, 6.07) is 5.76. The highest BCUT2D eigenvalue weighted by molar-refractivity contribution is 9.10. The van der Waals surface area contributed by atoms with Crippen LogP contribution in [0.1, 0.15) is 12.5 Å². The minimum atomic E-state index is -0.453. The number of nitrogens with one attached hydrogen (secondary N) is 2. The van der Waals surface area contributed by atoms with Crippen molar-refractivity contribution in [2.45, 2.75) is 20.4 Å². The highest BCUT2D eigenvalue weighted by atomic mass is 79.9. The van der Waals surface area contributed by atoms with E-state index < -0.39 is 11.2 Å². The monoisotopic (exact) mass is 348 g/mol. The third kappa shape index (κ3) is 2.13. The van der Waals surface area contributed by atoms with Crippen molar-refractivity contribution in [1.29, 1.82) is 0 Å². The molecule has 3 rings (SSSR count). The molecule has 0 bridgehead atoms. The summed E-state index contributed by atoms with van der Waals surface area (Å²) in [6.07, 6.45) is 0. The standard InChI is InChI=1S/C14H13BrN4O2/c1-3-19-12-10(13(20)18-14(19)21)16-11(17-12)8-5-4-6-9(15)7(8)2/h4-6H,3H2,1-2H3,(H,16,17)(H,18,20,21). The maximum absolute atomic E-state index is 11.9. The molecule has 3 aromatic rings. The van der Waals surface area contributed by atoms with Crippen LogP contribution in [0.25, 0.3) is 22.6 Å². The Hall–Kier alpha value is -2.15. The van der Waals surface area contributed by atoms with Gasteiger partial charge in [0.25, 0.3) is 5.56 Å². The Labute approximate surface area is 128 Å². The van der Waals surface area contributed by atoms with E-state index >= 15 is 0 Å². The highest BCUT2D eigenvalue weighted by Crippen LogP contribution is 2.27. The number of aromatic amines is 2. The number of nitrogens with zero attached hydrogens (tertiary/aromatic N) is 2. The van der Waals surface area contributed by atoms with Gasteiger partial charge in [0, 0.05) is 16.6 Å². The molecule has 0 saturated carbocycles. The SMILES string of the molecule is CCn1c(=O)[nH]c(=O)c2[nH]c(-c3cccc(Br)c3C)nc21. The average Bonchev–Trinajstić information content (AvgIpc) is 2.87. The molecule has 0 aliphatic rings. The van der Waals surface area contributed by atoms with Gasteiger partial charge in [0.15, 0.2) is 5.65 Å². The van der Waals surface area contributed by atoms with Crippen LogP contribution in [0.15, 0.2) is 32.3 Å². The van der Waals surface area contributed by atoms with Gasteiger partial charge >= 0.3 is 5.69 Å². The first kappa shape index (κ1) is 13.8. The van der Waals surface area contributed by atoms with Crippen LogP contribution < -0.4 is 11.2 Å². The molecule has 108 valence electrons. The van der Waals surface area contributed by atoms with E-state index in [1.807, 2.05) is 32.0 Å². The maximum atomic E-state index is 11.9. The summed E-state index contributed by atoms with van der Waals surface area (Å²) in [7, 11) is 0. The van der Waals surface area contributed by atoms with E-state index in [-0.39, 0.29) is 0 Å². The van der Waals surface area contributed by atoms with E-state index in [0.29, 0.717) is 23.5 Å². The molecule has 7 heteroatoms. The molecule has 1 aromatic carbocycles. The van der Waals surface area contributed by atoms with Crippen LogP contribution >= 0.6 is 15.9 Å². The van der Waals surface area contributed by atoms with E-state index in [9.17, 15) is 9.59 Å². The number of imidazole rings is 1. The summed E-state index contributed by atoms with van der Waals surface area (Å²) in [5.41, 5.74) is 1.69. The summed E-state index contributed by atoms with van der Waals surface area (Å²) in [6.45, 7) is 4.23. The van der Waals surface area contributed by atoms with Gasteiger partial charge in [-0.1, -0.05) is 28.1 Å². The minimum Gasteiger partial charge on any atom is -0.332 e. The summed E-state index contributed by atoms with van der Waals surface area (Å²) >= 11 is 3.48. The zero-order valence-electron chi connectivity index (χ0n) is 11.5. The second kappa shape index (κ2) is 5.00. The Kier molecular flexibility index (Phi) is 3.29. The molecule has 0 fully saturated rings. The number of H-pyrrole nitrogens is 2. The molecule has 0 spiro atoms. The van der Waals surface area contributed by atoms with Gasteiger partial charge in [0.2, 0.25) is 0 Å². The van der Waals surface area contributed by atoms with E-state index in [1.165, 1.54) is 4.57 Å². The van der Waals surface area contributed by atoms with Gasteiger partial charge in [-0.2, -0.15) is 0 Å². The number of rotatable bonds is 2. The lowest BCUT2D eigenvalue weighted by Crippen LogP contribution is -2.29. The number of hydrogen-bond acceptors (Lipinski definition) is 3. The van der Waals surface area contributed by atoms with Crippen molar-refractivity contribution in [3.63, 3.8) is 0 Å². The van der Waals surface area contributed by atoms with Crippen molar-refractivity contribution in [3.05, 3.63) is 49.1 Å². The van der Waals surface area contributed by atoms with Crippen molar-refractivity contribution in [2.75, 3.05) is 0 Å². The first-order chi connectivity index (χ1) is 10.0. The minimum absolute atomic E-state index is 0.311. The van der Waals surface area contributed by atoms with Crippen molar-refractivity contribution in [1.82, 2.24) is 19.5 Å². The average molecular weight is 349 g/mol. The van der Waals surface area contributed by atoms with Crippen molar-refractivity contribution in [2.24, 2.45) is 0 Å². The fourth-order valence-electron chi connectivity index (χ4n) is 2.33. The first-order valence-corrected chi connectivity index (χ1v) is 7.30. The Morgan fingerprint density at radius 1 is 1.29 bits per heavy atom. The molecule has 6 nitrogen and oxygen atoms in total. The zero-order valence-corrected chi connectivity index (χ0v) is 13.1. The lowest BCUT2D eigenvalue weighted by Gasteiger charge is -2.03. The van der Waals surface area contributed by atoms with Crippen LogP contribution in [0.4, 0.5) is 0 Å². The number of halogens is 1. The lowest BCUT2D eigenvalue weighted by atomic mass is 10.1. The quantitative estimate of drug-likeness (QED) is 0.744. The molecule has 0 aliphatic heterocycles. The molecular weight excluding hydrogens is 336 g/mol. The predicted molar refractivity (Wildman–Crippen MR) is 84.5 cm³/mol. The van der Waals surface area contributed by atoms with Crippen molar-refractivity contribution < 1.29 is 0 Å². The summed E-state index contributed by atoms with van der Waals surface area (Å²) in [5.74, 6) is 0.571. The molecule has 0 radical (unpaired) electrons. The molecular formula is C14H13BrN4O2. The van der Waals surface area contributed by atoms with Crippen LogP contribution in [0.5, 0.6) is 0 Å². The van der Waals surface area contributed by atoms with Gasteiger partial charge in [0.1, 0.15) is 11.3 Å². The Morgan fingerprint density at radius 3 is 2.76 bits per heavy atom. The number of aromatic nitrogens is 4. The molecule has 2 aromatic heterocycles. The Bertz CT molecular complexity index is 952. The maximum Gasteiger partial charge on any atom is 0.330 e.